The number of nitrogens with two attached hydrogens (primary N) is 2. The minimum atomic E-state index is -1.30. The number of fused-ring (bicyclic) bond motifs is 1. The minimum absolute atomic E-state index is 0. The predicted octanol–water partition coefficient (Wildman–Crippen LogP) is -4.87. The second-order valence-corrected chi connectivity index (χ2v) is 8.60. The number of carboxylic acid groups (broad SMARTS) is 1. The zero-order valence-electron chi connectivity index (χ0n) is 17.3. The SMILES string of the molecule is Cn1nnnc1SCC1=C(C(=O)[O-])N2C(=O)C[C@H]2SC1.NC(=O)CCCCC(N)=O.[Na+]. The topological polar surface area (TPSA) is 190 Å². The zero-order valence-corrected chi connectivity index (χ0v) is 20.9. The molecule has 4 N–H and O–H groups in total. The largest absolute Gasteiger partial charge is 1.00 e. The van der Waals surface area contributed by atoms with E-state index in [1.165, 1.54) is 21.3 Å². The predicted molar refractivity (Wildman–Crippen MR) is 106 cm³/mol. The Kier molecular flexibility index (Phi) is 11.5. The third-order valence-corrected chi connectivity index (χ3v) is 6.55. The molecule has 0 radical (unpaired) electrons. The molecular weight excluding hydrogens is 457 g/mol. The van der Waals surface area contributed by atoms with Crippen molar-refractivity contribution < 1.29 is 53.8 Å². The van der Waals surface area contributed by atoms with Gasteiger partial charge in [-0.2, -0.15) is 0 Å². The Morgan fingerprint density at radius 1 is 1.23 bits per heavy atom. The Balaban J connectivity index is 0.000000376. The average Bonchev–Trinajstić information content (AvgIpc) is 3.07. The summed E-state index contributed by atoms with van der Waals surface area (Å²) < 4.78 is 1.51. The smallest absolute Gasteiger partial charge is 0.543 e. The van der Waals surface area contributed by atoms with Gasteiger partial charge in [-0.1, -0.05) is 11.8 Å². The first-order valence-corrected chi connectivity index (χ1v) is 11.0. The summed E-state index contributed by atoms with van der Waals surface area (Å²) in [6.45, 7) is 0. The number of unbranched alkanes of at least 4 members (excludes halogenated alkanes) is 1. The van der Waals surface area contributed by atoms with Gasteiger partial charge in [0.05, 0.1) is 23.5 Å². The fraction of sp³-hybridized carbons (Fsp3) is 0.562. The second-order valence-electron chi connectivity index (χ2n) is 6.49. The molecule has 0 unspecified atom stereocenters. The van der Waals surface area contributed by atoms with Crippen molar-refractivity contribution in [3.63, 3.8) is 0 Å². The number of hydrogen-bond donors (Lipinski definition) is 2. The maximum Gasteiger partial charge on any atom is 1.00 e. The maximum atomic E-state index is 11.6. The van der Waals surface area contributed by atoms with Crippen LogP contribution in [-0.2, 0) is 26.2 Å². The van der Waals surface area contributed by atoms with E-state index in [4.69, 9.17) is 11.5 Å². The Labute approximate surface area is 209 Å². The number of amides is 3. The van der Waals surface area contributed by atoms with Crippen molar-refractivity contribution in [3.8, 4) is 0 Å². The van der Waals surface area contributed by atoms with Gasteiger partial charge < -0.3 is 21.4 Å². The summed E-state index contributed by atoms with van der Waals surface area (Å²) in [5.74, 6) is -1.12. The van der Waals surface area contributed by atoms with Gasteiger partial charge in [-0.15, -0.1) is 16.9 Å². The molecule has 164 valence electrons. The van der Waals surface area contributed by atoms with Crippen LogP contribution < -0.4 is 46.1 Å². The molecule has 0 aromatic carbocycles. The van der Waals surface area contributed by atoms with Crippen LogP contribution in [-0.4, -0.2) is 65.7 Å². The Hall–Kier alpha value is -1.61. The second kappa shape index (κ2) is 13.1. The van der Waals surface area contributed by atoms with E-state index in [2.05, 4.69) is 15.5 Å². The number of aromatic nitrogens is 4. The molecule has 3 rings (SSSR count). The summed E-state index contributed by atoms with van der Waals surface area (Å²) >= 11 is 2.91. The van der Waals surface area contributed by atoms with Crippen LogP contribution >= 0.6 is 23.5 Å². The summed E-state index contributed by atoms with van der Waals surface area (Å²) in [5.41, 5.74) is 10.4. The molecule has 15 heteroatoms. The summed E-state index contributed by atoms with van der Waals surface area (Å²) in [7, 11) is 1.71. The number of carbonyl (C=O) groups excluding carboxylic acids is 4. The Bertz CT molecular complexity index is 847. The van der Waals surface area contributed by atoms with Crippen LogP contribution in [0.4, 0.5) is 0 Å². The summed E-state index contributed by atoms with van der Waals surface area (Å²) in [6.07, 6.45) is 2.38. The van der Waals surface area contributed by atoms with E-state index >= 15 is 0 Å². The molecule has 0 aliphatic carbocycles. The molecule has 0 spiro atoms. The van der Waals surface area contributed by atoms with Crippen LogP contribution in [0.15, 0.2) is 16.4 Å². The number of carbonyl (C=O) groups is 4. The molecule has 3 heterocycles. The van der Waals surface area contributed by atoms with Gasteiger partial charge in [-0.25, -0.2) is 4.68 Å². The van der Waals surface area contributed by atoms with Crippen molar-refractivity contribution in [1.29, 1.82) is 0 Å². The summed E-state index contributed by atoms with van der Waals surface area (Å²) in [4.78, 5) is 44.5. The number of aliphatic carboxylic acids is 1. The third kappa shape index (κ3) is 8.11. The number of β-lactam (4-membered cyclic amide) rings is 1. The fourth-order valence-corrected chi connectivity index (χ4v) is 4.92. The number of primary amides is 2. The van der Waals surface area contributed by atoms with Crippen molar-refractivity contribution in [2.75, 3.05) is 11.5 Å². The number of thioether (sulfide) groups is 2. The van der Waals surface area contributed by atoms with E-state index in [0.29, 0.717) is 54.3 Å². The van der Waals surface area contributed by atoms with Crippen LogP contribution in [0.1, 0.15) is 32.1 Å². The molecule has 12 nitrogen and oxygen atoms in total. The maximum absolute atomic E-state index is 11.6. The molecule has 0 saturated carbocycles. The number of rotatable bonds is 9. The molecule has 2 aliphatic rings. The fourth-order valence-electron chi connectivity index (χ4n) is 2.67. The quantitative estimate of drug-likeness (QED) is 0.150. The molecular formula is C16H22N7NaO5S2. The normalized spacial score (nSPS) is 17.0. The van der Waals surface area contributed by atoms with Crippen LogP contribution in [0.5, 0.6) is 0 Å². The van der Waals surface area contributed by atoms with E-state index in [1.54, 1.807) is 18.8 Å². The van der Waals surface area contributed by atoms with Crippen molar-refractivity contribution in [3.05, 3.63) is 11.3 Å². The van der Waals surface area contributed by atoms with Gasteiger partial charge in [-0.05, 0) is 28.8 Å². The monoisotopic (exact) mass is 479 g/mol. The molecule has 1 aromatic heterocycles. The average molecular weight is 480 g/mol. The van der Waals surface area contributed by atoms with E-state index in [-0.39, 0.29) is 58.3 Å². The first-order valence-electron chi connectivity index (χ1n) is 8.99. The van der Waals surface area contributed by atoms with Crippen LogP contribution in [0, 0.1) is 0 Å². The van der Waals surface area contributed by atoms with Crippen LogP contribution in [0.3, 0.4) is 0 Å². The number of hydrogen-bond acceptors (Lipinski definition) is 10. The van der Waals surface area contributed by atoms with E-state index < -0.39 is 5.97 Å². The van der Waals surface area contributed by atoms with Gasteiger partial charge >= 0.3 is 29.6 Å². The number of tetrazole rings is 1. The molecule has 2 aliphatic heterocycles. The van der Waals surface area contributed by atoms with Crippen molar-refractivity contribution in [2.45, 2.75) is 42.6 Å². The van der Waals surface area contributed by atoms with Gasteiger partial charge in [0.25, 0.3) is 0 Å². The zero-order chi connectivity index (χ0) is 22.3. The number of aryl methyl sites for hydroxylation is 1. The molecule has 3 amide bonds. The molecule has 1 saturated heterocycles. The molecule has 0 bridgehead atoms. The van der Waals surface area contributed by atoms with Gasteiger partial charge in [0.15, 0.2) is 0 Å². The molecule has 31 heavy (non-hydrogen) atoms. The van der Waals surface area contributed by atoms with E-state index in [0.717, 1.165) is 0 Å². The Morgan fingerprint density at radius 3 is 2.29 bits per heavy atom. The molecule has 1 fully saturated rings. The molecule has 1 aromatic rings. The van der Waals surface area contributed by atoms with E-state index in [9.17, 15) is 24.3 Å². The number of nitrogens with zero attached hydrogens (tertiary/aromatic N) is 5. The van der Waals surface area contributed by atoms with Gasteiger partial charge in [0, 0.05) is 31.4 Å². The van der Waals surface area contributed by atoms with Crippen LogP contribution in [0.2, 0.25) is 0 Å². The van der Waals surface area contributed by atoms with Crippen molar-refractivity contribution >= 4 is 47.2 Å². The summed E-state index contributed by atoms with van der Waals surface area (Å²) in [6, 6.07) is 0. The Morgan fingerprint density at radius 2 is 1.84 bits per heavy atom. The third-order valence-electron chi connectivity index (χ3n) is 4.18. The first-order chi connectivity index (χ1) is 14.2. The standard InChI is InChI=1S/C10H11N5O3S2.C6H12N2O2.Na/c1-14-10(11-12-13-14)20-4-5-3-19-7-2-6(16)15(7)8(5)9(17)18;7-5(9)3-1-2-4-6(8)10;/h7H,2-4H2,1H3,(H,17,18);1-4H2,(H2,7,9)(H2,8,10);/q;;+1/p-1/t7-;;/m1../s1. The van der Waals surface area contributed by atoms with Crippen molar-refractivity contribution in [1.82, 2.24) is 25.1 Å². The van der Waals surface area contributed by atoms with Crippen molar-refractivity contribution in [2.24, 2.45) is 18.5 Å². The van der Waals surface area contributed by atoms with Gasteiger partial charge in [-0.3, -0.25) is 19.3 Å². The van der Waals surface area contributed by atoms with Gasteiger partial charge in [0.1, 0.15) is 0 Å². The van der Waals surface area contributed by atoms with Crippen LogP contribution in [0.25, 0.3) is 0 Å². The first kappa shape index (κ1) is 27.4. The van der Waals surface area contributed by atoms with E-state index in [1.807, 2.05) is 0 Å². The van der Waals surface area contributed by atoms with Gasteiger partial charge in [0.2, 0.25) is 22.9 Å². The summed E-state index contributed by atoms with van der Waals surface area (Å²) in [5, 5.41) is 22.9. The number of carboxylic acids is 1. The minimum Gasteiger partial charge on any atom is -0.543 e. The molecule has 1 atom stereocenters.